The number of benzene rings is 1. The Hall–Kier alpha value is -3.13. The van der Waals surface area contributed by atoms with Crippen LogP contribution >= 0.6 is 0 Å². The molecule has 8 heteroatoms. The summed E-state index contributed by atoms with van der Waals surface area (Å²) < 4.78 is 15.9. The number of nitrogens with zero attached hydrogens (tertiary/aromatic N) is 2. The summed E-state index contributed by atoms with van der Waals surface area (Å²) in [6.45, 7) is 2.68. The zero-order valence-corrected chi connectivity index (χ0v) is 14.6. The number of carbonyl (C=O) groups is 2. The van der Waals surface area contributed by atoms with Crippen LogP contribution in [0.3, 0.4) is 0 Å². The highest BCUT2D eigenvalue weighted by molar-refractivity contribution is 5.98. The number of morpholine rings is 1. The van der Waals surface area contributed by atoms with Gasteiger partial charge in [0.05, 0.1) is 13.2 Å². The second kappa shape index (κ2) is 7.63. The molecule has 2 amide bonds. The van der Waals surface area contributed by atoms with E-state index in [9.17, 15) is 9.59 Å². The number of hydrogen-bond donors (Lipinski definition) is 1. The van der Waals surface area contributed by atoms with Gasteiger partial charge in [-0.05, 0) is 29.8 Å². The van der Waals surface area contributed by atoms with Crippen molar-refractivity contribution < 1.29 is 23.8 Å². The maximum Gasteiger partial charge on any atom is 0.270 e. The first-order valence-electron chi connectivity index (χ1n) is 8.70. The normalized spacial score (nSPS) is 15.5. The van der Waals surface area contributed by atoms with Crippen LogP contribution in [0.15, 0.2) is 36.5 Å². The Morgan fingerprint density at radius 3 is 2.74 bits per heavy atom. The molecule has 1 saturated heterocycles. The zero-order chi connectivity index (χ0) is 18.6. The van der Waals surface area contributed by atoms with Gasteiger partial charge in [-0.15, -0.1) is 0 Å². The van der Waals surface area contributed by atoms with E-state index in [0.717, 1.165) is 5.56 Å². The third kappa shape index (κ3) is 3.85. The molecule has 4 rings (SSSR count). The highest BCUT2D eigenvalue weighted by Gasteiger charge is 2.20. The minimum atomic E-state index is -0.343. The molecular weight excluding hydrogens is 350 g/mol. The summed E-state index contributed by atoms with van der Waals surface area (Å²) in [4.78, 5) is 30.8. The number of pyridine rings is 1. The van der Waals surface area contributed by atoms with Gasteiger partial charge in [-0.1, -0.05) is 6.07 Å². The van der Waals surface area contributed by atoms with Crippen LogP contribution in [0.2, 0.25) is 0 Å². The van der Waals surface area contributed by atoms with Crippen LogP contribution in [0.4, 0.5) is 0 Å². The summed E-state index contributed by atoms with van der Waals surface area (Å²) in [6.07, 6.45) is 1.48. The fraction of sp³-hybridized carbons (Fsp3) is 0.316. The number of ether oxygens (including phenoxy) is 3. The first-order chi connectivity index (χ1) is 13.2. The van der Waals surface area contributed by atoms with Gasteiger partial charge in [-0.3, -0.25) is 14.6 Å². The number of carbonyl (C=O) groups excluding carboxylic acids is 2. The van der Waals surface area contributed by atoms with Gasteiger partial charge < -0.3 is 24.4 Å². The van der Waals surface area contributed by atoms with Crippen molar-refractivity contribution in [2.24, 2.45) is 0 Å². The lowest BCUT2D eigenvalue weighted by Crippen LogP contribution is -2.40. The van der Waals surface area contributed by atoms with Gasteiger partial charge in [0, 0.05) is 31.4 Å². The largest absolute Gasteiger partial charge is 0.454 e. The number of aromatic nitrogens is 1. The lowest BCUT2D eigenvalue weighted by Gasteiger charge is -2.26. The Labute approximate surface area is 156 Å². The molecule has 0 spiro atoms. The molecule has 1 aromatic carbocycles. The topological polar surface area (TPSA) is 90.0 Å². The van der Waals surface area contributed by atoms with Gasteiger partial charge in [0.2, 0.25) is 6.79 Å². The highest BCUT2D eigenvalue weighted by Crippen LogP contribution is 2.32. The Kier molecular flexibility index (Phi) is 4.88. The summed E-state index contributed by atoms with van der Waals surface area (Å²) in [5.74, 6) is 0.897. The first kappa shape index (κ1) is 17.3. The van der Waals surface area contributed by atoms with E-state index >= 15 is 0 Å². The fourth-order valence-corrected chi connectivity index (χ4v) is 2.96. The van der Waals surface area contributed by atoms with E-state index in [1.165, 1.54) is 12.3 Å². The molecule has 1 fully saturated rings. The summed E-state index contributed by atoms with van der Waals surface area (Å²) in [6, 6.07) is 8.64. The zero-order valence-electron chi connectivity index (χ0n) is 14.6. The number of hydrogen-bond acceptors (Lipinski definition) is 6. The van der Waals surface area contributed by atoms with E-state index in [-0.39, 0.29) is 24.3 Å². The molecule has 0 radical (unpaired) electrons. The molecule has 27 heavy (non-hydrogen) atoms. The summed E-state index contributed by atoms with van der Waals surface area (Å²) in [5, 5.41) is 2.81. The van der Waals surface area contributed by atoms with Crippen molar-refractivity contribution >= 4 is 11.8 Å². The van der Waals surface area contributed by atoms with Crippen LogP contribution in [-0.2, 0) is 11.3 Å². The van der Waals surface area contributed by atoms with Crippen molar-refractivity contribution in [3.63, 3.8) is 0 Å². The van der Waals surface area contributed by atoms with Crippen molar-refractivity contribution in [3.8, 4) is 11.5 Å². The Morgan fingerprint density at radius 1 is 1.07 bits per heavy atom. The molecule has 3 heterocycles. The average Bonchev–Trinajstić information content (AvgIpc) is 3.20. The lowest BCUT2D eigenvalue weighted by atomic mass is 10.1. The van der Waals surface area contributed by atoms with Crippen molar-refractivity contribution in [3.05, 3.63) is 53.3 Å². The predicted octanol–water partition coefficient (Wildman–Crippen LogP) is 1.21. The standard InChI is InChI=1S/C19H19N3O5/c23-18(21-11-13-1-2-16-17(9-13)27-12-26-16)15-10-14(3-4-20-15)19(24)22-5-7-25-8-6-22/h1-4,9-10H,5-8,11-12H2,(H,21,23). The molecule has 2 aliphatic heterocycles. The minimum Gasteiger partial charge on any atom is -0.454 e. The quantitative estimate of drug-likeness (QED) is 0.871. The smallest absolute Gasteiger partial charge is 0.270 e. The SMILES string of the molecule is O=C(NCc1ccc2c(c1)OCO2)c1cc(C(=O)N2CCOCC2)ccn1. The first-order valence-corrected chi connectivity index (χ1v) is 8.70. The second-order valence-corrected chi connectivity index (χ2v) is 6.20. The van der Waals surface area contributed by atoms with Crippen molar-refractivity contribution in [1.29, 1.82) is 0 Å². The van der Waals surface area contributed by atoms with Gasteiger partial charge >= 0.3 is 0 Å². The van der Waals surface area contributed by atoms with E-state index < -0.39 is 0 Å². The van der Waals surface area contributed by atoms with E-state index in [4.69, 9.17) is 14.2 Å². The summed E-state index contributed by atoms with van der Waals surface area (Å²) in [5.41, 5.74) is 1.53. The number of rotatable bonds is 4. The van der Waals surface area contributed by atoms with Crippen LogP contribution in [-0.4, -0.2) is 54.8 Å². The molecule has 1 N–H and O–H groups in total. The van der Waals surface area contributed by atoms with Crippen molar-refractivity contribution in [2.45, 2.75) is 6.54 Å². The molecule has 0 saturated carbocycles. The van der Waals surface area contributed by atoms with Crippen molar-refractivity contribution in [2.75, 3.05) is 33.1 Å². The van der Waals surface area contributed by atoms with Crippen molar-refractivity contribution in [1.82, 2.24) is 15.2 Å². The molecule has 0 bridgehead atoms. The van der Waals surface area contributed by atoms with E-state index in [0.29, 0.717) is 49.9 Å². The van der Waals surface area contributed by atoms with E-state index in [1.54, 1.807) is 11.0 Å². The fourth-order valence-electron chi connectivity index (χ4n) is 2.96. The average molecular weight is 369 g/mol. The maximum absolute atomic E-state index is 12.5. The number of amides is 2. The Morgan fingerprint density at radius 2 is 1.89 bits per heavy atom. The van der Waals surface area contributed by atoms with E-state index in [1.807, 2.05) is 18.2 Å². The monoisotopic (exact) mass is 369 g/mol. The molecular formula is C19H19N3O5. The highest BCUT2D eigenvalue weighted by atomic mass is 16.7. The third-order valence-electron chi connectivity index (χ3n) is 4.43. The molecule has 1 aromatic heterocycles. The predicted molar refractivity (Wildman–Crippen MR) is 94.7 cm³/mol. The molecule has 140 valence electrons. The second-order valence-electron chi connectivity index (χ2n) is 6.20. The van der Waals surface area contributed by atoms with Crippen LogP contribution in [0.1, 0.15) is 26.4 Å². The van der Waals surface area contributed by atoms with Gasteiger partial charge in [0.25, 0.3) is 11.8 Å². The van der Waals surface area contributed by atoms with Gasteiger partial charge in [-0.25, -0.2) is 0 Å². The van der Waals surface area contributed by atoms with Crippen LogP contribution in [0.25, 0.3) is 0 Å². The molecule has 2 aromatic rings. The maximum atomic E-state index is 12.5. The number of fused-ring (bicyclic) bond motifs is 1. The minimum absolute atomic E-state index is 0.120. The summed E-state index contributed by atoms with van der Waals surface area (Å²) in [7, 11) is 0. The third-order valence-corrected chi connectivity index (χ3v) is 4.43. The molecule has 0 unspecified atom stereocenters. The Bertz CT molecular complexity index is 864. The lowest BCUT2D eigenvalue weighted by molar-refractivity contribution is 0.0303. The van der Waals surface area contributed by atoms with Crippen LogP contribution in [0, 0.1) is 0 Å². The Balaban J connectivity index is 1.40. The van der Waals surface area contributed by atoms with Gasteiger partial charge in [0.1, 0.15) is 5.69 Å². The molecule has 0 atom stereocenters. The van der Waals surface area contributed by atoms with Gasteiger partial charge in [-0.2, -0.15) is 0 Å². The van der Waals surface area contributed by atoms with Crippen LogP contribution < -0.4 is 14.8 Å². The molecule has 0 aliphatic carbocycles. The number of nitrogens with one attached hydrogen (secondary N) is 1. The van der Waals surface area contributed by atoms with Gasteiger partial charge in [0.15, 0.2) is 11.5 Å². The molecule has 2 aliphatic rings. The van der Waals surface area contributed by atoms with E-state index in [2.05, 4.69) is 10.3 Å². The van der Waals surface area contributed by atoms with Crippen LogP contribution in [0.5, 0.6) is 11.5 Å². The summed E-state index contributed by atoms with van der Waals surface area (Å²) >= 11 is 0. The molecule has 8 nitrogen and oxygen atoms in total.